The van der Waals surface area contributed by atoms with Crippen LogP contribution in [0.3, 0.4) is 0 Å². The minimum atomic E-state index is 0.336. The lowest BCUT2D eigenvalue weighted by Gasteiger charge is -2.09. The molecule has 0 fully saturated rings. The van der Waals surface area contributed by atoms with Gasteiger partial charge in [-0.3, -0.25) is 0 Å². The molecule has 0 heterocycles. The molecule has 5 heteroatoms. The van der Waals surface area contributed by atoms with Gasteiger partial charge in [0.2, 0.25) is 0 Å². The molecule has 0 spiro atoms. The summed E-state index contributed by atoms with van der Waals surface area (Å²) in [7, 11) is 4.55. The second kappa shape index (κ2) is 6.90. The number of rotatable bonds is 4. The van der Waals surface area contributed by atoms with Gasteiger partial charge < -0.3 is 10.2 Å². The van der Waals surface area contributed by atoms with E-state index in [-0.39, 0.29) is 0 Å². The molecular weight excluding hydrogens is 320 g/mol. The number of benzene rings is 2. The van der Waals surface area contributed by atoms with E-state index < -0.39 is 0 Å². The summed E-state index contributed by atoms with van der Waals surface area (Å²) in [4.78, 5) is 1.71. The zero-order valence-corrected chi connectivity index (χ0v) is 14.9. The van der Waals surface area contributed by atoms with Gasteiger partial charge in [-0.1, -0.05) is 12.1 Å². The quantitative estimate of drug-likeness (QED) is 0.692. The second-order valence-corrected chi connectivity index (χ2v) is 9.07. The molecule has 0 aromatic heterocycles. The lowest BCUT2D eigenvalue weighted by molar-refractivity contribution is 0.457. The maximum Gasteiger partial charge on any atom is 0.132 e. The molecule has 2 N–H and O–H groups in total. The van der Waals surface area contributed by atoms with Gasteiger partial charge in [-0.25, -0.2) is 0 Å². The fourth-order valence-corrected chi connectivity index (χ4v) is 6.12. The van der Waals surface area contributed by atoms with Gasteiger partial charge >= 0.3 is 0 Å². The normalized spacial score (nSPS) is 10.9. The van der Waals surface area contributed by atoms with E-state index in [2.05, 4.69) is 0 Å². The molecular formula is C16H18O2S3. The van der Waals surface area contributed by atoms with Crippen LogP contribution in [0.5, 0.6) is 11.5 Å². The SMILES string of the molecule is Cc1cc(C)c(O)c(SSSc2cc(C)cc(C)c2O)c1. The standard InChI is InChI=1S/C16H18O2S3/c1-9-5-11(3)15(17)13(7-9)19-21-20-14-8-10(2)6-12(4)16(14)18/h5-8,17-18H,1-4H3. The molecule has 2 aromatic carbocycles. The van der Waals surface area contributed by atoms with Crippen LogP contribution in [0.1, 0.15) is 22.3 Å². The van der Waals surface area contributed by atoms with Gasteiger partial charge in [-0.05, 0) is 93.5 Å². The number of aromatic hydroxyl groups is 2. The Balaban J connectivity index is 2.09. The molecule has 0 saturated carbocycles. The first kappa shape index (κ1) is 16.5. The van der Waals surface area contributed by atoms with Crippen LogP contribution in [0.4, 0.5) is 0 Å². The van der Waals surface area contributed by atoms with Crippen LogP contribution in [0.2, 0.25) is 0 Å². The summed E-state index contributed by atoms with van der Waals surface area (Å²) in [6.07, 6.45) is 0. The van der Waals surface area contributed by atoms with E-state index in [1.165, 1.54) is 31.4 Å². The molecule has 0 aliphatic rings. The first-order chi connectivity index (χ1) is 9.88. The number of hydrogen-bond donors (Lipinski definition) is 2. The molecule has 0 atom stereocenters. The Morgan fingerprint density at radius 1 is 0.667 bits per heavy atom. The van der Waals surface area contributed by atoms with Crippen molar-refractivity contribution in [3.05, 3.63) is 46.5 Å². The molecule has 0 aliphatic carbocycles. The van der Waals surface area contributed by atoms with Crippen LogP contribution in [0.25, 0.3) is 0 Å². The molecule has 0 bridgehead atoms. The van der Waals surface area contributed by atoms with E-state index in [0.29, 0.717) is 11.5 Å². The molecule has 112 valence electrons. The molecule has 0 radical (unpaired) electrons. The van der Waals surface area contributed by atoms with E-state index in [1.807, 2.05) is 52.0 Å². The molecule has 0 aliphatic heterocycles. The number of phenolic OH excluding ortho intramolecular Hbond substituents is 2. The highest BCUT2D eigenvalue weighted by Gasteiger charge is 2.10. The Hall–Kier alpha value is -0.910. The maximum atomic E-state index is 10.1. The summed E-state index contributed by atoms with van der Waals surface area (Å²) < 4.78 is 0. The maximum absolute atomic E-state index is 10.1. The van der Waals surface area contributed by atoms with Crippen molar-refractivity contribution in [2.24, 2.45) is 0 Å². The topological polar surface area (TPSA) is 40.5 Å². The molecule has 2 rings (SSSR count). The van der Waals surface area contributed by atoms with Gasteiger partial charge in [0.1, 0.15) is 11.5 Å². The van der Waals surface area contributed by atoms with Crippen molar-refractivity contribution in [2.75, 3.05) is 0 Å². The van der Waals surface area contributed by atoms with Crippen LogP contribution in [0, 0.1) is 27.7 Å². The molecule has 2 aromatic rings. The molecule has 0 saturated heterocycles. The number of phenols is 2. The number of aryl methyl sites for hydroxylation is 4. The Kier molecular flexibility index (Phi) is 5.41. The third-order valence-electron chi connectivity index (χ3n) is 3.07. The van der Waals surface area contributed by atoms with Gasteiger partial charge in [0, 0.05) is 0 Å². The van der Waals surface area contributed by atoms with Crippen LogP contribution in [-0.2, 0) is 0 Å². The lowest BCUT2D eigenvalue weighted by atomic mass is 10.1. The van der Waals surface area contributed by atoms with Gasteiger partial charge in [0.25, 0.3) is 0 Å². The molecule has 21 heavy (non-hydrogen) atoms. The molecule has 0 unspecified atom stereocenters. The predicted octanol–water partition coefficient (Wildman–Crippen LogP) is 5.78. The van der Waals surface area contributed by atoms with Crippen molar-refractivity contribution in [1.82, 2.24) is 0 Å². The minimum Gasteiger partial charge on any atom is -0.506 e. The Morgan fingerprint density at radius 3 is 1.43 bits per heavy atom. The van der Waals surface area contributed by atoms with Crippen molar-refractivity contribution in [3.63, 3.8) is 0 Å². The van der Waals surface area contributed by atoms with Gasteiger partial charge in [-0.2, -0.15) is 0 Å². The molecule has 2 nitrogen and oxygen atoms in total. The first-order valence-electron chi connectivity index (χ1n) is 6.50. The van der Waals surface area contributed by atoms with Crippen molar-refractivity contribution in [3.8, 4) is 11.5 Å². The van der Waals surface area contributed by atoms with E-state index in [9.17, 15) is 10.2 Å². The first-order valence-corrected chi connectivity index (χ1v) is 9.98. The Morgan fingerprint density at radius 2 is 1.05 bits per heavy atom. The van der Waals surface area contributed by atoms with Crippen molar-refractivity contribution >= 4 is 31.4 Å². The largest absolute Gasteiger partial charge is 0.506 e. The van der Waals surface area contributed by atoms with Crippen LogP contribution in [0.15, 0.2) is 34.1 Å². The van der Waals surface area contributed by atoms with E-state index in [1.54, 1.807) is 0 Å². The lowest BCUT2D eigenvalue weighted by Crippen LogP contribution is -1.82. The summed E-state index contributed by atoms with van der Waals surface area (Å²) >= 11 is 0. The Labute approximate surface area is 137 Å². The van der Waals surface area contributed by atoms with Crippen molar-refractivity contribution in [1.29, 1.82) is 0 Å². The van der Waals surface area contributed by atoms with Gasteiger partial charge in [0.05, 0.1) is 9.79 Å². The van der Waals surface area contributed by atoms with Crippen LogP contribution >= 0.6 is 31.4 Å². The summed E-state index contributed by atoms with van der Waals surface area (Å²) in [5.74, 6) is 0.673. The minimum absolute atomic E-state index is 0.336. The highest BCUT2D eigenvalue weighted by Crippen LogP contribution is 2.50. The second-order valence-electron chi connectivity index (χ2n) is 5.09. The van der Waals surface area contributed by atoms with E-state index in [0.717, 1.165) is 32.0 Å². The fourth-order valence-electron chi connectivity index (χ4n) is 2.06. The summed E-state index contributed by atoms with van der Waals surface area (Å²) in [6.45, 7) is 7.84. The highest BCUT2D eigenvalue weighted by molar-refractivity contribution is 9.09. The zero-order chi connectivity index (χ0) is 15.6. The Bertz CT molecular complexity index is 612. The van der Waals surface area contributed by atoms with Crippen molar-refractivity contribution < 1.29 is 10.2 Å². The van der Waals surface area contributed by atoms with E-state index in [4.69, 9.17) is 0 Å². The number of hydrogen-bond acceptors (Lipinski definition) is 5. The average Bonchev–Trinajstić information content (AvgIpc) is 2.40. The monoisotopic (exact) mass is 338 g/mol. The predicted molar refractivity (Wildman–Crippen MR) is 94.5 cm³/mol. The summed E-state index contributed by atoms with van der Waals surface area (Å²) in [5.41, 5.74) is 4.04. The zero-order valence-electron chi connectivity index (χ0n) is 12.4. The third kappa shape index (κ3) is 4.05. The average molecular weight is 339 g/mol. The highest BCUT2D eigenvalue weighted by atomic mass is 33.5. The molecule has 0 amide bonds. The summed E-state index contributed by atoms with van der Waals surface area (Å²) in [5, 5.41) is 20.1. The van der Waals surface area contributed by atoms with Crippen molar-refractivity contribution in [2.45, 2.75) is 37.5 Å². The van der Waals surface area contributed by atoms with Crippen LogP contribution in [-0.4, -0.2) is 10.2 Å². The van der Waals surface area contributed by atoms with Crippen LogP contribution < -0.4 is 0 Å². The van der Waals surface area contributed by atoms with E-state index >= 15 is 0 Å². The smallest absolute Gasteiger partial charge is 0.132 e. The summed E-state index contributed by atoms with van der Waals surface area (Å²) in [6, 6.07) is 7.88. The fraction of sp³-hybridized carbons (Fsp3) is 0.250. The van der Waals surface area contributed by atoms with Gasteiger partial charge in [-0.15, -0.1) is 0 Å². The third-order valence-corrected chi connectivity index (χ3v) is 6.90. The van der Waals surface area contributed by atoms with Gasteiger partial charge in [0.15, 0.2) is 0 Å².